The van der Waals surface area contributed by atoms with Crippen LogP contribution in [0.5, 0.6) is 0 Å². The molecule has 0 aromatic carbocycles. The molecule has 2 atom stereocenters. The summed E-state index contributed by atoms with van der Waals surface area (Å²) in [5.74, 6) is 0.150. The van der Waals surface area contributed by atoms with Gasteiger partial charge in [-0.25, -0.2) is 0 Å². The zero-order chi connectivity index (χ0) is 10.3. The monoisotopic (exact) mass is 185 g/mol. The van der Waals surface area contributed by atoms with Gasteiger partial charge < -0.3 is 5.32 Å². The second kappa shape index (κ2) is 6.78. The maximum absolute atomic E-state index is 11.1. The number of rotatable bonds is 7. The highest BCUT2D eigenvalue weighted by atomic mass is 16.2. The molecule has 0 fully saturated rings. The molecule has 0 aliphatic rings. The van der Waals surface area contributed by atoms with E-state index in [0.29, 0.717) is 12.2 Å². The Bertz CT molecular complexity index is 168. The molecule has 0 aromatic heterocycles. The molecule has 0 heterocycles. The first-order chi connectivity index (χ1) is 6.15. The lowest BCUT2D eigenvalue weighted by Gasteiger charge is -2.16. The van der Waals surface area contributed by atoms with Crippen molar-refractivity contribution in [3.63, 3.8) is 0 Å². The average Bonchev–Trinajstić information content (AvgIpc) is 2.13. The molecule has 76 valence electrons. The van der Waals surface area contributed by atoms with E-state index >= 15 is 0 Å². The quantitative estimate of drug-likeness (QED) is 0.478. The number of aldehydes is 1. The van der Waals surface area contributed by atoms with E-state index in [1.165, 1.54) is 0 Å². The van der Waals surface area contributed by atoms with E-state index in [4.69, 9.17) is 0 Å². The third-order valence-electron chi connectivity index (χ3n) is 2.23. The van der Waals surface area contributed by atoms with E-state index in [-0.39, 0.29) is 11.8 Å². The summed E-state index contributed by atoms with van der Waals surface area (Å²) in [5, 5.41) is 2.86. The van der Waals surface area contributed by atoms with Gasteiger partial charge in [-0.3, -0.25) is 9.59 Å². The molecular weight excluding hydrogens is 166 g/mol. The van der Waals surface area contributed by atoms with Crippen molar-refractivity contribution in [2.75, 3.05) is 7.05 Å². The van der Waals surface area contributed by atoms with E-state index in [2.05, 4.69) is 19.2 Å². The van der Waals surface area contributed by atoms with Gasteiger partial charge in [0.1, 0.15) is 0 Å². The summed E-state index contributed by atoms with van der Waals surface area (Å²) in [6.45, 7) is 4.22. The summed E-state index contributed by atoms with van der Waals surface area (Å²) in [7, 11) is 1.71. The van der Waals surface area contributed by atoms with Crippen LogP contribution in [0.15, 0.2) is 0 Å². The predicted molar refractivity (Wildman–Crippen MR) is 52.6 cm³/mol. The van der Waals surface area contributed by atoms with Crippen LogP contribution in [0, 0.1) is 5.92 Å². The van der Waals surface area contributed by atoms with E-state index in [9.17, 15) is 9.59 Å². The fourth-order valence-electron chi connectivity index (χ4n) is 1.47. The lowest BCUT2D eigenvalue weighted by Crippen LogP contribution is -2.36. The van der Waals surface area contributed by atoms with Gasteiger partial charge in [-0.15, -0.1) is 0 Å². The zero-order valence-corrected chi connectivity index (χ0v) is 8.67. The lowest BCUT2D eigenvalue weighted by molar-refractivity contribution is -0.131. The van der Waals surface area contributed by atoms with Crippen LogP contribution in [-0.2, 0) is 9.59 Å². The van der Waals surface area contributed by atoms with Gasteiger partial charge in [0.2, 0.25) is 5.78 Å². The molecule has 0 spiro atoms. The number of hydrogen-bond donors (Lipinski definition) is 1. The van der Waals surface area contributed by atoms with E-state index in [1.807, 2.05) is 0 Å². The van der Waals surface area contributed by atoms with Crippen molar-refractivity contribution in [2.24, 2.45) is 5.92 Å². The second-order valence-corrected chi connectivity index (χ2v) is 3.49. The van der Waals surface area contributed by atoms with Gasteiger partial charge in [0.25, 0.3) is 0 Å². The largest absolute Gasteiger partial charge is 0.310 e. The summed E-state index contributed by atoms with van der Waals surface area (Å²) in [6, 6.07) is -0.293. The van der Waals surface area contributed by atoms with Crippen LogP contribution in [0.1, 0.15) is 33.1 Å². The summed E-state index contributed by atoms with van der Waals surface area (Å²) < 4.78 is 0. The fraction of sp³-hybridized carbons (Fsp3) is 0.800. The molecule has 2 unspecified atom stereocenters. The highest BCUT2D eigenvalue weighted by Gasteiger charge is 2.17. The minimum absolute atomic E-state index is 0.293. The number of likely N-dealkylation sites (N-methyl/N-ethyl adjacent to an activating group) is 1. The van der Waals surface area contributed by atoms with Gasteiger partial charge in [-0.05, 0) is 19.4 Å². The average molecular weight is 185 g/mol. The molecule has 3 nitrogen and oxygen atoms in total. The molecular formula is C10H19NO2. The highest BCUT2D eigenvalue weighted by molar-refractivity contribution is 6.27. The van der Waals surface area contributed by atoms with Crippen molar-refractivity contribution < 1.29 is 9.59 Å². The van der Waals surface area contributed by atoms with Crippen LogP contribution < -0.4 is 5.32 Å². The van der Waals surface area contributed by atoms with Crippen molar-refractivity contribution in [1.29, 1.82) is 0 Å². The van der Waals surface area contributed by atoms with Crippen molar-refractivity contribution in [3.8, 4) is 0 Å². The van der Waals surface area contributed by atoms with Crippen LogP contribution >= 0.6 is 0 Å². The van der Waals surface area contributed by atoms with Crippen LogP contribution in [0.25, 0.3) is 0 Å². The SMILES string of the molecule is CCCC(C)CC(NC)C(=O)C=O. The molecule has 0 amide bonds. The van der Waals surface area contributed by atoms with Crippen molar-refractivity contribution in [1.82, 2.24) is 5.32 Å². The van der Waals surface area contributed by atoms with Gasteiger partial charge in [0.15, 0.2) is 6.29 Å². The number of ketones is 1. The van der Waals surface area contributed by atoms with E-state index < -0.39 is 0 Å². The highest BCUT2D eigenvalue weighted by Crippen LogP contribution is 2.12. The summed E-state index contributed by atoms with van der Waals surface area (Å²) in [4.78, 5) is 21.3. The number of Topliss-reactive ketones (excluding diaryl/α,β-unsaturated/α-hetero) is 1. The van der Waals surface area contributed by atoms with Gasteiger partial charge in [-0.2, -0.15) is 0 Å². The third kappa shape index (κ3) is 4.78. The Kier molecular flexibility index (Phi) is 6.41. The number of hydrogen-bond acceptors (Lipinski definition) is 3. The number of carbonyl (C=O) groups is 2. The van der Waals surface area contributed by atoms with Gasteiger partial charge in [0.05, 0.1) is 6.04 Å². The maximum atomic E-state index is 11.1. The Morgan fingerprint density at radius 3 is 2.54 bits per heavy atom. The lowest BCUT2D eigenvalue weighted by atomic mass is 9.95. The maximum Gasteiger partial charge on any atom is 0.212 e. The molecule has 0 rings (SSSR count). The predicted octanol–water partition coefficient (Wildman–Crippen LogP) is 1.17. The molecule has 0 aliphatic heterocycles. The normalized spacial score (nSPS) is 15.0. The van der Waals surface area contributed by atoms with Crippen LogP contribution in [0.4, 0.5) is 0 Å². The Hall–Kier alpha value is -0.700. The van der Waals surface area contributed by atoms with Gasteiger partial charge in [0, 0.05) is 0 Å². The van der Waals surface area contributed by atoms with E-state index in [1.54, 1.807) is 7.05 Å². The molecule has 0 aliphatic carbocycles. The molecule has 0 saturated heterocycles. The molecule has 0 aromatic rings. The Labute approximate surface area is 79.9 Å². The van der Waals surface area contributed by atoms with Gasteiger partial charge in [-0.1, -0.05) is 26.7 Å². The Morgan fingerprint density at radius 2 is 2.15 bits per heavy atom. The zero-order valence-electron chi connectivity index (χ0n) is 8.67. The first-order valence-electron chi connectivity index (χ1n) is 4.82. The Morgan fingerprint density at radius 1 is 1.54 bits per heavy atom. The summed E-state index contributed by atoms with van der Waals surface area (Å²) in [5.41, 5.74) is 0. The van der Waals surface area contributed by atoms with Crippen LogP contribution in [0.2, 0.25) is 0 Å². The molecule has 0 radical (unpaired) electrons. The first-order valence-corrected chi connectivity index (χ1v) is 4.82. The van der Waals surface area contributed by atoms with Crippen molar-refractivity contribution >= 4 is 12.1 Å². The molecule has 0 bridgehead atoms. The standard InChI is InChI=1S/C10H19NO2/c1-4-5-8(2)6-9(11-3)10(13)7-12/h7-9,11H,4-6H2,1-3H3. The minimum atomic E-state index is -0.342. The van der Waals surface area contributed by atoms with Crippen molar-refractivity contribution in [3.05, 3.63) is 0 Å². The summed E-state index contributed by atoms with van der Waals surface area (Å²) >= 11 is 0. The fourth-order valence-corrected chi connectivity index (χ4v) is 1.47. The smallest absolute Gasteiger partial charge is 0.212 e. The van der Waals surface area contributed by atoms with E-state index in [0.717, 1.165) is 19.3 Å². The molecule has 0 saturated carbocycles. The van der Waals surface area contributed by atoms with Crippen LogP contribution in [0.3, 0.4) is 0 Å². The number of carbonyl (C=O) groups excluding carboxylic acids is 2. The first kappa shape index (κ1) is 12.3. The van der Waals surface area contributed by atoms with Gasteiger partial charge >= 0.3 is 0 Å². The van der Waals surface area contributed by atoms with Crippen molar-refractivity contribution in [2.45, 2.75) is 39.2 Å². The minimum Gasteiger partial charge on any atom is -0.310 e. The second-order valence-electron chi connectivity index (χ2n) is 3.49. The number of nitrogens with one attached hydrogen (secondary N) is 1. The topological polar surface area (TPSA) is 46.2 Å². The third-order valence-corrected chi connectivity index (χ3v) is 2.23. The Balaban J connectivity index is 3.96. The summed E-state index contributed by atoms with van der Waals surface area (Å²) in [6.07, 6.45) is 3.37. The van der Waals surface area contributed by atoms with Crippen LogP contribution in [-0.4, -0.2) is 25.2 Å². The molecule has 1 N–H and O–H groups in total. The molecule has 3 heteroatoms. The molecule has 13 heavy (non-hydrogen) atoms.